The highest BCUT2D eigenvalue weighted by atomic mass is 17.0. The second kappa shape index (κ2) is 7.49. The second-order valence-corrected chi connectivity index (χ2v) is 6.16. The number of fused-ring (bicyclic) bond motifs is 1. The van der Waals surface area contributed by atoms with Gasteiger partial charge in [0.2, 0.25) is 0 Å². The van der Waals surface area contributed by atoms with Crippen molar-refractivity contribution in [3.05, 3.63) is 29.3 Å². The van der Waals surface area contributed by atoms with E-state index in [9.17, 15) is 9.59 Å². The SMILES string of the molecule is COCCCN1OCCC(N2C(=O)c3cccc(N(C)C)c3C2=O)O1. The van der Waals surface area contributed by atoms with Crippen LogP contribution in [0.15, 0.2) is 18.2 Å². The summed E-state index contributed by atoms with van der Waals surface area (Å²) in [5.41, 5.74) is 1.57. The van der Waals surface area contributed by atoms with Crippen molar-refractivity contribution in [2.45, 2.75) is 19.1 Å². The number of hydroxylamine groups is 2. The predicted molar refractivity (Wildman–Crippen MR) is 89.9 cm³/mol. The van der Waals surface area contributed by atoms with E-state index >= 15 is 0 Å². The van der Waals surface area contributed by atoms with Crippen LogP contribution in [0.25, 0.3) is 0 Å². The lowest BCUT2D eigenvalue weighted by atomic mass is 10.1. The van der Waals surface area contributed by atoms with Crippen LogP contribution in [0.1, 0.15) is 33.6 Å². The van der Waals surface area contributed by atoms with Gasteiger partial charge < -0.3 is 9.64 Å². The van der Waals surface area contributed by atoms with Crippen LogP contribution in [-0.2, 0) is 14.4 Å². The van der Waals surface area contributed by atoms with Gasteiger partial charge in [-0.15, -0.1) is 0 Å². The van der Waals surface area contributed by atoms with Gasteiger partial charge in [-0.05, 0) is 18.6 Å². The number of hydrogen-bond acceptors (Lipinski definition) is 7. The minimum Gasteiger partial charge on any atom is -0.385 e. The number of carbonyl (C=O) groups is 2. The van der Waals surface area contributed by atoms with E-state index in [4.69, 9.17) is 14.4 Å². The van der Waals surface area contributed by atoms with Gasteiger partial charge in [0, 0.05) is 39.9 Å². The van der Waals surface area contributed by atoms with Gasteiger partial charge in [-0.3, -0.25) is 14.4 Å². The number of anilines is 1. The molecule has 1 aromatic carbocycles. The van der Waals surface area contributed by atoms with Crippen LogP contribution < -0.4 is 4.90 Å². The Bertz CT molecular complexity index is 664. The van der Waals surface area contributed by atoms with Gasteiger partial charge in [0.25, 0.3) is 11.8 Å². The quantitative estimate of drug-likeness (QED) is 0.566. The normalized spacial score (nSPS) is 20.9. The van der Waals surface area contributed by atoms with Gasteiger partial charge >= 0.3 is 0 Å². The fourth-order valence-electron chi connectivity index (χ4n) is 3.03. The van der Waals surface area contributed by atoms with Crippen LogP contribution in [0.5, 0.6) is 0 Å². The molecule has 2 aliphatic heterocycles. The maximum absolute atomic E-state index is 12.9. The molecule has 1 atom stereocenters. The van der Waals surface area contributed by atoms with E-state index in [1.54, 1.807) is 19.2 Å². The molecule has 1 aromatic rings. The number of imide groups is 1. The van der Waals surface area contributed by atoms with Crippen LogP contribution in [0.2, 0.25) is 0 Å². The highest BCUT2D eigenvalue weighted by molar-refractivity contribution is 6.23. The lowest BCUT2D eigenvalue weighted by Gasteiger charge is -2.35. The molecule has 136 valence electrons. The molecular weight excluding hydrogens is 326 g/mol. The first-order chi connectivity index (χ1) is 12.0. The van der Waals surface area contributed by atoms with Gasteiger partial charge in [0.05, 0.1) is 24.3 Å². The summed E-state index contributed by atoms with van der Waals surface area (Å²) in [5, 5.41) is 1.34. The summed E-state index contributed by atoms with van der Waals surface area (Å²) < 4.78 is 5.01. The zero-order chi connectivity index (χ0) is 18.0. The Morgan fingerprint density at radius 1 is 1.28 bits per heavy atom. The van der Waals surface area contributed by atoms with E-state index in [1.807, 2.05) is 25.1 Å². The number of amides is 2. The molecule has 2 aliphatic rings. The highest BCUT2D eigenvalue weighted by Crippen LogP contribution is 2.33. The molecule has 0 radical (unpaired) electrons. The van der Waals surface area contributed by atoms with Gasteiger partial charge in [-0.1, -0.05) is 11.3 Å². The van der Waals surface area contributed by atoms with Crippen LogP contribution in [0.3, 0.4) is 0 Å². The Balaban J connectivity index is 1.78. The Morgan fingerprint density at radius 2 is 2.08 bits per heavy atom. The third kappa shape index (κ3) is 3.38. The van der Waals surface area contributed by atoms with E-state index in [0.717, 1.165) is 12.1 Å². The van der Waals surface area contributed by atoms with Crippen molar-refractivity contribution in [3.8, 4) is 0 Å². The molecule has 0 saturated carbocycles. The molecule has 8 nitrogen and oxygen atoms in total. The standard InChI is InChI=1S/C17H23N3O5/c1-18(2)13-7-4-6-12-15(13)17(22)20(16(12)21)14-8-11-24-19(25-14)9-5-10-23-3/h4,6-7,14H,5,8-11H2,1-3H3. The average Bonchev–Trinajstić information content (AvgIpc) is 2.86. The lowest BCUT2D eigenvalue weighted by molar-refractivity contribution is -0.424. The van der Waals surface area contributed by atoms with Crippen LogP contribution in [-0.4, -0.2) is 69.1 Å². The minimum atomic E-state index is -0.668. The summed E-state index contributed by atoms with van der Waals surface area (Å²) in [5.74, 6) is -0.652. The van der Waals surface area contributed by atoms with Crippen molar-refractivity contribution in [2.24, 2.45) is 0 Å². The summed E-state index contributed by atoms with van der Waals surface area (Å²) in [6.07, 6.45) is 0.485. The van der Waals surface area contributed by atoms with Crippen LogP contribution in [0.4, 0.5) is 5.69 Å². The number of ether oxygens (including phenoxy) is 1. The number of nitrogens with zero attached hydrogens (tertiary/aromatic N) is 3. The van der Waals surface area contributed by atoms with Crippen molar-refractivity contribution >= 4 is 17.5 Å². The molecule has 0 aliphatic carbocycles. The highest BCUT2D eigenvalue weighted by Gasteiger charge is 2.44. The number of benzene rings is 1. The molecule has 0 spiro atoms. The molecule has 1 saturated heterocycles. The molecule has 1 fully saturated rings. The molecule has 1 unspecified atom stereocenters. The first-order valence-electron chi connectivity index (χ1n) is 8.29. The number of rotatable bonds is 6. The van der Waals surface area contributed by atoms with Gasteiger partial charge in [0.15, 0.2) is 6.23 Å². The third-order valence-electron chi connectivity index (χ3n) is 4.22. The Hall–Kier alpha value is -2.00. The zero-order valence-electron chi connectivity index (χ0n) is 14.7. The maximum atomic E-state index is 12.9. The summed E-state index contributed by atoms with van der Waals surface area (Å²) in [7, 11) is 5.32. The summed E-state index contributed by atoms with van der Waals surface area (Å²) in [6, 6.07) is 5.29. The molecule has 2 amide bonds. The topological polar surface area (TPSA) is 71.6 Å². The first kappa shape index (κ1) is 17.8. The van der Waals surface area contributed by atoms with Gasteiger partial charge in [-0.2, -0.15) is 0 Å². The molecule has 3 rings (SSSR count). The van der Waals surface area contributed by atoms with Crippen molar-refractivity contribution in [2.75, 3.05) is 45.9 Å². The van der Waals surface area contributed by atoms with Crippen LogP contribution in [0, 0.1) is 0 Å². The Labute approximate surface area is 146 Å². The van der Waals surface area contributed by atoms with E-state index in [-0.39, 0.29) is 11.8 Å². The fourth-order valence-corrected chi connectivity index (χ4v) is 3.03. The zero-order valence-corrected chi connectivity index (χ0v) is 14.7. The van der Waals surface area contributed by atoms with E-state index in [2.05, 4.69) is 0 Å². The molecular formula is C17H23N3O5. The summed E-state index contributed by atoms with van der Waals surface area (Å²) >= 11 is 0. The van der Waals surface area contributed by atoms with E-state index in [1.165, 1.54) is 10.1 Å². The van der Waals surface area contributed by atoms with Gasteiger partial charge in [0.1, 0.15) is 0 Å². The number of carbonyl (C=O) groups excluding carboxylic acids is 2. The molecule has 0 bridgehead atoms. The predicted octanol–water partition coefficient (Wildman–Crippen LogP) is 1.28. The second-order valence-electron chi connectivity index (χ2n) is 6.16. The summed E-state index contributed by atoms with van der Waals surface area (Å²) in [4.78, 5) is 39.9. The van der Waals surface area contributed by atoms with E-state index < -0.39 is 6.23 Å². The average molecular weight is 349 g/mol. The van der Waals surface area contributed by atoms with Crippen molar-refractivity contribution in [1.29, 1.82) is 0 Å². The molecule has 2 heterocycles. The molecule has 25 heavy (non-hydrogen) atoms. The molecule has 0 N–H and O–H groups in total. The molecule has 0 aromatic heterocycles. The maximum Gasteiger partial charge on any atom is 0.265 e. The van der Waals surface area contributed by atoms with Crippen LogP contribution >= 0.6 is 0 Å². The van der Waals surface area contributed by atoms with Crippen molar-refractivity contribution in [3.63, 3.8) is 0 Å². The number of methoxy groups -OCH3 is 1. The lowest BCUT2D eigenvalue weighted by Crippen LogP contribution is -2.49. The summed E-state index contributed by atoms with van der Waals surface area (Å²) in [6.45, 7) is 1.45. The smallest absolute Gasteiger partial charge is 0.265 e. The third-order valence-corrected chi connectivity index (χ3v) is 4.22. The number of hydrogen-bond donors (Lipinski definition) is 0. The fraction of sp³-hybridized carbons (Fsp3) is 0.529. The van der Waals surface area contributed by atoms with E-state index in [0.29, 0.717) is 37.3 Å². The largest absolute Gasteiger partial charge is 0.385 e. The van der Waals surface area contributed by atoms with Crippen molar-refractivity contribution in [1.82, 2.24) is 10.1 Å². The Morgan fingerprint density at radius 3 is 2.80 bits per heavy atom. The monoisotopic (exact) mass is 349 g/mol. The van der Waals surface area contributed by atoms with Gasteiger partial charge in [-0.25, -0.2) is 9.74 Å². The molecule has 8 heteroatoms. The van der Waals surface area contributed by atoms with Crippen molar-refractivity contribution < 1.29 is 24.0 Å². The first-order valence-corrected chi connectivity index (χ1v) is 8.29. The minimum absolute atomic E-state index is 0.326. The Kier molecular flexibility index (Phi) is 5.33.